The van der Waals surface area contributed by atoms with E-state index in [-0.39, 0.29) is 11.6 Å². The summed E-state index contributed by atoms with van der Waals surface area (Å²) in [6, 6.07) is 8.91. The first-order valence-electron chi connectivity index (χ1n) is 6.73. The van der Waals surface area contributed by atoms with Crippen molar-refractivity contribution in [2.75, 3.05) is 17.7 Å². The number of nitrogens with zero attached hydrogens (tertiary/aromatic N) is 3. The lowest BCUT2D eigenvalue weighted by Crippen LogP contribution is -2.27. The van der Waals surface area contributed by atoms with Crippen molar-refractivity contribution in [3.63, 3.8) is 0 Å². The third kappa shape index (κ3) is 2.34. The van der Waals surface area contributed by atoms with Crippen molar-refractivity contribution < 1.29 is 4.79 Å². The number of aromatic amines is 1. The number of hydrogen-bond donors (Lipinski definition) is 2. The molecule has 0 bridgehead atoms. The first-order chi connectivity index (χ1) is 10.1. The summed E-state index contributed by atoms with van der Waals surface area (Å²) < 4.78 is 0. The number of carbonyl (C=O) groups is 1. The average Bonchev–Trinajstić information content (AvgIpc) is 3.28. The average molecular weight is 281 g/mol. The van der Waals surface area contributed by atoms with Crippen LogP contribution in [0.4, 0.5) is 11.4 Å². The predicted molar refractivity (Wildman–Crippen MR) is 78.9 cm³/mol. The molecule has 0 saturated heterocycles. The van der Waals surface area contributed by atoms with E-state index in [9.17, 15) is 4.79 Å². The Morgan fingerprint density at radius 1 is 1.52 bits per heavy atom. The lowest BCUT2D eigenvalue weighted by atomic mass is 10.2. The van der Waals surface area contributed by atoms with Crippen LogP contribution in [0.15, 0.2) is 24.3 Å². The molecule has 1 aromatic heterocycles. The first-order valence-corrected chi connectivity index (χ1v) is 6.73. The van der Waals surface area contributed by atoms with E-state index < -0.39 is 0 Å². The molecule has 0 spiro atoms. The minimum absolute atomic E-state index is 0.238. The summed E-state index contributed by atoms with van der Waals surface area (Å²) in [7, 11) is 1.64. The summed E-state index contributed by atoms with van der Waals surface area (Å²) in [6.07, 6.45) is 2.17. The molecule has 1 aliphatic carbocycles. The van der Waals surface area contributed by atoms with E-state index >= 15 is 0 Å². The molecule has 1 amide bonds. The normalized spacial score (nSPS) is 13.7. The number of carbonyl (C=O) groups excluding carboxylic acids is 1. The second kappa shape index (κ2) is 4.94. The van der Waals surface area contributed by atoms with Crippen molar-refractivity contribution in [2.45, 2.75) is 18.8 Å². The molecule has 0 unspecified atom stereocenters. The number of rotatable bonds is 3. The fraction of sp³-hybridized carbons (Fsp3) is 0.267. The summed E-state index contributed by atoms with van der Waals surface area (Å²) in [5, 5.41) is 15.9. The number of nitrogens with two attached hydrogens (primary N) is 1. The molecule has 0 aliphatic heterocycles. The van der Waals surface area contributed by atoms with Gasteiger partial charge in [-0.15, -0.1) is 0 Å². The number of anilines is 2. The minimum Gasteiger partial charge on any atom is -0.395 e. The van der Waals surface area contributed by atoms with Crippen molar-refractivity contribution in [1.29, 1.82) is 5.26 Å². The van der Waals surface area contributed by atoms with Crippen LogP contribution in [0.1, 0.15) is 40.5 Å². The van der Waals surface area contributed by atoms with E-state index in [1.165, 1.54) is 4.90 Å². The highest BCUT2D eigenvalue weighted by molar-refractivity contribution is 6.08. The number of hydrogen-bond acceptors (Lipinski definition) is 4. The lowest BCUT2D eigenvalue weighted by Gasteiger charge is -2.16. The van der Waals surface area contributed by atoms with E-state index in [2.05, 4.69) is 16.3 Å². The van der Waals surface area contributed by atoms with Crippen LogP contribution in [0.25, 0.3) is 0 Å². The third-order valence-electron chi connectivity index (χ3n) is 3.69. The molecule has 1 fully saturated rings. The van der Waals surface area contributed by atoms with Gasteiger partial charge in [0.05, 0.1) is 23.0 Å². The number of H-pyrrole nitrogens is 1. The molecule has 1 saturated carbocycles. The van der Waals surface area contributed by atoms with E-state index in [0.717, 1.165) is 18.5 Å². The third-order valence-corrected chi connectivity index (χ3v) is 3.69. The number of benzene rings is 1. The highest BCUT2D eigenvalue weighted by Crippen LogP contribution is 2.42. The number of nitriles is 1. The summed E-state index contributed by atoms with van der Waals surface area (Å²) in [5.41, 5.74) is 8.69. The second-order valence-electron chi connectivity index (χ2n) is 5.20. The van der Waals surface area contributed by atoms with Gasteiger partial charge in [0, 0.05) is 18.7 Å². The zero-order valence-corrected chi connectivity index (χ0v) is 11.6. The van der Waals surface area contributed by atoms with Gasteiger partial charge in [0.1, 0.15) is 0 Å². The van der Waals surface area contributed by atoms with Gasteiger partial charge in [-0.25, -0.2) is 0 Å². The van der Waals surface area contributed by atoms with Gasteiger partial charge >= 0.3 is 0 Å². The Hall–Kier alpha value is -2.81. The molecule has 6 heteroatoms. The van der Waals surface area contributed by atoms with Gasteiger partial charge in [-0.1, -0.05) is 6.07 Å². The van der Waals surface area contributed by atoms with E-state index in [4.69, 9.17) is 11.0 Å². The summed E-state index contributed by atoms with van der Waals surface area (Å²) >= 11 is 0. The van der Waals surface area contributed by atoms with E-state index in [0.29, 0.717) is 22.9 Å². The van der Waals surface area contributed by atoms with Crippen LogP contribution in [0, 0.1) is 11.3 Å². The number of nitrogens with one attached hydrogen (secondary N) is 1. The van der Waals surface area contributed by atoms with Gasteiger partial charge < -0.3 is 10.6 Å². The molecule has 21 heavy (non-hydrogen) atoms. The molecule has 1 heterocycles. The van der Waals surface area contributed by atoms with Crippen LogP contribution in [0.2, 0.25) is 0 Å². The van der Waals surface area contributed by atoms with Gasteiger partial charge in [-0.2, -0.15) is 10.4 Å². The van der Waals surface area contributed by atoms with Crippen LogP contribution >= 0.6 is 0 Å². The number of aromatic nitrogens is 2. The van der Waals surface area contributed by atoms with Crippen molar-refractivity contribution >= 4 is 17.3 Å². The maximum atomic E-state index is 12.5. The smallest absolute Gasteiger partial charge is 0.280 e. The Labute approximate surface area is 122 Å². The largest absolute Gasteiger partial charge is 0.395 e. The maximum Gasteiger partial charge on any atom is 0.280 e. The van der Waals surface area contributed by atoms with Gasteiger partial charge in [0.2, 0.25) is 0 Å². The van der Waals surface area contributed by atoms with Crippen LogP contribution in [0.3, 0.4) is 0 Å². The molecule has 1 aromatic carbocycles. The number of nitrogen functional groups attached to an aromatic ring is 1. The predicted octanol–water partition coefficient (Wildman–Crippen LogP) is 2.02. The first kappa shape index (κ1) is 13.2. The van der Waals surface area contributed by atoms with Gasteiger partial charge in [0.25, 0.3) is 5.91 Å². The molecule has 6 nitrogen and oxygen atoms in total. The molecule has 106 valence electrons. The van der Waals surface area contributed by atoms with Gasteiger partial charge in [-0.05, 0) is 31.0 Å². The van der Waals surface area contributed by atoms with Crippen molar-refractivity contribution in [3.8, 4) is 6.07 Å². The topological polar surface area (TPSA) is 98.8 Å². The van der Waals surface area contributed by atoms with Crippen LogP contribution in [0.5, 0.6) is 0 Å². The molecular formula is C15H15N5O. The van der Waals surface area contributed by atoms with Crippen LogP contribution in [-0.4, -0.2) is 23.2 Å². The molecule has 3 N–H and O–H groups in total. The van der Waals surface area contributed by atoms with Gasteiger partial charge in [0.15, 0.2) is 5.69 Å². The summed E-state index contributed by atoms with van der Waals surface area (Å²) in [4.78, 5) is 14.0. The quantitative estimate of drug-likeness (QED) is 0.899. The van der Waals surface area contributed by atoms with Crippen molar-refractivity contribution in [1.82, 2.24) is 10.2 Å². The van der Waals surface area contributed by atoms with E-state index in [1.807, 2.05) is 0 Å². The molecule has 0 atom stereocenters. The SMILES string of the molecule is CN(C(=O)c1n[nH]c(C2CC2)c1N)c1cccc(C#N)c1. The van der Waals surface area contributed by atoms with Crippen LogP contribution < -0.4 is 10.6 Å². The monoisotopic (exact) mass is 281 g/mol. The Kier molecular flexibility index (Phi) is 3.10. The standard InChI is InChI=1S/C15H15N5O/c1-20(11-4-2-3-9(7-11)8-16)15(21)14-12(17)13(18-19-14)10-5-6-10/h2-4,7,10H,5-6,17H2,1H3,(H,18,19). The van der Waals surface area contributed by atoms with Crippen molar-refractivity contribution in [3.05, 3.63) is 41.2 Å². The summed E-state index contributed by atoms with van der Waals surface area (Å²) in [5.74, 6) is 0.122. The minimum atomic E-state index is -0.286. The molecule has 1 aliphatic rings. The Bertz CT molecular complexity index is 739. The van der Waals surface area contributed by atoms with Crippen molar-refractivity contribution in [2.24, 2.45) is 0 Å². The Morgan fingerprint density at radius 2 is 2.29 bits per heavy atom. The molecule has 2 aromatic rings. The highest BCUT2D eigenvalue weighted by atomic mass is 16.2. The number of amides is 1. The van der Waals surface area contributed by atoms with Crippen LogP contribution in [-0.2, 0) is 0 Å². The van der Waals surface area contributed by atoms with E-state index in [1.54, 1.807) is 31.3 Å². The Balaban J connectivity index is 1.89. The molecule has 0 radical (unpaired) electrons. The lowest BCUT2D eigenvalue weighted by molar-refractivity contribution is 0.0989. The zero-order chi connectivity index (χ0) is 15.0. The summed E-state index contributed by atoms with van der Waals surface area (Å²) in [6.45, 7) is 0. The highest BCUT2D eigenvalue weighted by Gasteiger charge is 2.31. The fourth-order valence-corrected chi connectivity index (χ4v) is 2.27. The van der Waals surface area contributed by atoms with Gasteiger partial charge in [-0.3, -0.25) is 9.89 Å². The maximum absolute atomic E-state index is 12.5. The molecular weight excluding hydrogens is 266 g/mol. The second-order valence-corrected chi connectivity index (χ2v) is 5.20. The molecule has 3 rings (SSSR count). The fourth-order valence-electron chi connectivity index (χ4n) is 2.27. The Morgan fingerprint density at radius 3 is 2.95 bits per heavy atom. The zero-order valence-electron chi connectivity index (χ0n) is 11.6.